The van der Waals surface area contributed by atoms with E-state index in [2.05, 4.69) is 34.9 Å². The fraction of sp³-hybridized carbons (Fsp3) is 0.429. The molecule has 1 N–H and O–H groups in total. The monoisotopic (exact) mass is 121 g/mol. The van der Waals surface area contributed by atoms with Crippen LogP contribution in [0.15, 0.2) is 18.2 Å². The fourth-order valence-corrected chi connectivity index (χ4v) is 1.19. The number of nitrogens with zero attached hydrogens (tertiary/aromatic N) is 1. The Balaban J connectivity index is 2.13. The summed E-state index contributed by atoms with van der Waals surface area (Å²) < 4.78 is 0. The van der Waals surface area contributed by atoms with E-state index in [1.807, 2.05) is 0 Å². The summed E-state index contributed by atoms with van der Waals surface area (Å²) in [6, 6.07) is 0.565. The molecule has 2 nitrogen and oxygen atoms in total. The predicted octanol–water partition coefficient (Wildman–Crippen LogP) is 0.452. The standard InChI is InChI=1S/C7H9N2/c1-2-6-9-7(3-1)4-5-8-9/h1-2,4,7-8H,3,6H2. The molecule has 2 aliphatic heterocycles. The second-order valence-corrected chi connectivity index (χ2v) is 2.35. The second kappa shape index (κ2) is 1.88. The first-order valence-corrected chi connectivity index (χ1v) is 3.23. The van der Waals surface area contributed by atoms with Crippen molar-refractivity contribution in [2.24, 2.45) is 0 Å². The van der Waals surface area contributed by atoms with Crippen molar-refractivity contribution >= 4 is 0 Å². The van der Waals surface area contributed by atoms with E-state index in [1.165, 1.54) is 0 Å². The minimum Gasteiger partial charge on any atom is -0.316 e. The lowest BCUT2D eigenvalue weighted by Crippen LogP contribution is -2.39. The number of rotatable bonds is 0. The zero-order valence-electron chi connectivity index (χ0n) is 5.17. The van der Waals surface area contributed by atoms with Crippen LogP contribution in [0.2, 0.25) is 0 Å². The number of nitrogens with one attached hydrogen (secondary N) is 1. The van der Waals surface area contributed by atoms with Gasteiger partial charge in [-0.25, -0.2) is 5.01 Å². The van der Waals surface area contributed by atoms with Gasteiger partial charge in [-0.05, 0) is 12.5 Å². The summed E-state index contributed by atoms with van der Waals surface area (Å²) in [5.41, 5.74) is 3.04. The van der Waals surface area contributed by atoms with Crippen molar-refractivity contribution < 1.29 is 0 Å². The van der Waals surface area contributed by atoms with Gasteiger partial charge in [0.25, 0.3) is 0 Å². The van der Waals surface area contributed by atoms with Gasteiger partial charge in [-0.1, -0.05) is 12.2 Å². The van der Waals surface area contributed by atoms with Crippen molar-refractivity contribution in [1.29, 1.82) is 0 Å². The summed E-state index contributed by atoms with van der Waals surface area (Å²) in [6.45, 7) is 1.01. The molecule has 0 aromatic rings. The van der Waals surface area contributed by atoms with Gasteiger partial charge in [-0.3, -0.25) is 0 Å². The van der Waals surface area contributed by atoms with Gasteiger partial charge in [-0.2, -0.15) is 0 Å². The second-order valence-electron chi connectivity index (χ2n) is 2.35. The average molecular weight is 121 g/mol. The summed E-state index contributed by atoms with van der Waals surface area (Å²) in [7, 11) is 0. The lowest BCUT2D eigenvalue weighted by Gasteiger charge is -2.24. The highest BCUT2D eigenvalue weighted by atomic mass is 15.5. The summed E-state index contributed by atoms with van der Waals surface area (Å²) in [5.74, 6) is 0. The van der Waals surface area contributed by atoms with Gasteiger partial charge in [0.15, 0.2) is 0 Å². The zero-order chi connectivity index (χ0) is 6.10. The molecule has 2 aliphatic rings. The maximum absolute atomic E-state index is 3.04. The molecule has 0 bridgehead atoms. The SMILES string of the molecule is [C]1=CC2CC=CCN2N1. The minimum atomic E-state index is 0.565. The minimum absolute atomic E-state index is 0.565. The summed E-state index contributed by atoms with van der Waals surface area (Å²) in [4.78, 5) is 0. The summed E-state index contributed by atoms with van der Waals surface area (Å²) in [5, 5.41) is 2.17. The van der Waals surface area contributed by atoms with Crippen molar-refractivity contribution in [3.8, 4) is 0 Å². The van der Waals surface area contributed by atoms with Crippen LogP contribution < -0.4 is 5.43 Å². The summed E-state index contributed by atoms with van der Waals surface area (Å²) in [6.07, 6.45) is 10.6. The lowest BCUT2D eigenvalue weighted by atomic mass is 10.1. The maximum Gasteiger partial charge on any atom is 0.0709 e. The third-order valence-corrected chi connectivity index (χ3v) is 1.73. The summed E-state index contributed by atoms with van der Waals surface area (Å²) >= 11 is 0. The van der Waals surface area contributed by atoms with Crippen molar-refractivity contribution in [2.75, 3.05) is 6.54 Å². The molecule has 2 heterocycles. The molecule has 2 heteroatoms. The first-order chi connectivity index (χ1) is 4.47. The van der Waals surface area contributed by atoms with Crippen LogP contribution in [0.4, 0.5) is 0 Å². The van der Waals surface area contributed by atoms with E-state index in [-0.39, 0.29) is 0 Å². The quantitative estimate of drug-likeness (QED) is 0.468. The highest BCUT2D eigenvalue weighted by molar-refractivity contribution is 5.05. The van der Waals surface area contributed by atoms with Crippen molar-refractivity contribution in [3.63, 3.8) is 0 Å². The Hall–Kier alpha value is -0.760. The number of hydrazine groups is 1. The van der Waals surface area contributed by atoms with E-state index in [1.54, 1.807) is 0 Å². The molecule has 0 fully saturated rings. The third-order valence-electron chi connectivity index (χ3n) is 1.73. The van der Waals surface area contributed by atoms with Gasteiger partial charge < -0.3 is 5.43 Å². The van der Waals surface area contributed by atoms with Crippen LogP contribution in [0.25, 0.3) is 0 Å². The Morgan fingerprint density at radius 1 is 1.56 bits per heavy atom. The predicted molar refractivity (Wildman–Crippen MR) is 35.2 cm³/mol. The van der Waals surface area contributed by atoms with Gasteiger partial charge in [-0.15, -0.1) is 0 Å². The Bertz CT molecular complexity index is 160. The Kier molecular flexibility index (Phi) is 1.06. The van der Waals surface area contributed by atoms with Gasteiger partial charge in [0, 0.05) is 6.54 Å². The van der Waals surface area contributed by atoms with E-state index < -0.39 is 0 Å². The van der Waals surface area contributed by atoms with Gasteiger partial charge in [0.05, 0.1) is 12.2 Å². The van der Waals surface area contributed by atoms with Crippen LogP contribution in [-0.4, -0.2) is 17.6 Å². The molecule has 0 saturated heterocycles. The third kappa shape index (κ3) is 0.754. The molecule has 0 aliphatic carbocycles. The Labute approximate surface area is 54.8 Å². The lowest BCUT2D eigenvalue weighted by molar-refractivity contribution is 0.213. The van der Waals surface area contributed by atoms with E-state index in [4.69, 9.17) is 0 Å². The molecule has 1 atom stereocenters. The molecule has 0 spiro atoms. The van der Waals surface area contributed by atoms with Crippen LogP contribution in [0.5, 0.6) is 0 Å². The molecule has 0 aromatic heterocycles. The van der Waals surface area contributed by atoms with Crippen molar-refractivity contribution in [2.45, 2.75) is 12.5 Å². The smallest absolute Gasteiger partial charge is 0.0709 e. The van der Waals surface area contributed by atoms with E-state index in [0.29, 0.717) is 6.04 Å². The van der Waals surface area contributed by atoms with Crippen LogP contribution in [0, 0.1) is 6.20 Å². The largest absolute Gasteiger partial charge is 0.316 e. The molecular formula is C7H9N2. The maximum atomic E-state index is 3.04. The van der Waals surface area contributed by atoms with Crippen LogP contribution >= 0.6 is 0 Å². The molecular weight excluding hydrogens is 112 g/mol. The molecule has 47 valence electrons. The normalized spacial score (nSPS) is 32.2. The highest BCUT2D eigenvalue weighted by Gasteiger charge is 2.19. The van der Waals surface area contributed by atoms with E-state index >= 15 is 0 Å². The van der Waals surface area contributed by atoms with E-state index in [0.717, 1.165) is 13.0 Å². The van der Waals surface area contributed by atoms with Crippen LogP contribution in [0.3, 0.4) is 0 Å². The van der Waals surface area contributed by atoms with E-state index in [9.17, 15) is 0 Å². The fourth-order valence-electron chi connectivity index (χ4n) is 1.19. The van der Waals surface area contributed by atoms with Gasteiger partial charge in [0.1, 0.15) is 0 Å². The number of fused-ring (bicyclic) bond motifs is 1. The first kappa shape index (κ1) is 5.06. The zero-order valence-corrected chi connectivity index (χ0v) is 5.17. The van der Waals surface area contributed by atoms with Gasteiger partial charge >= 0.3 is 0 Å². The molecule has 9 heavy (non-hydrogen) atoms. The average Bonchev–Trinajstić information content (AvgIpc) is 2.33. The molecule has 1 unspecified atom stereocenters. The molecule has 1 radical (unpaired) electrons. The highest BCUT2D eigenvalue weighted by Crippen LogP contribution is 2.12. The molecule has 2 rings (SSSR count). The van der Waals surface area contributed by atoms with Gasteiger partial charge in [0.2, 0.25) is 0 Å². The molecule has 0 saturated carbocycles. The Morgan fingerprint density at radius 3 is 3.44 bits per heavy atom. The molecule has 0 aromatic carbocycles. The van der Waals surface area contributed by atoms with Crippen molar-refractivity contribution in [3.05, 3.63) is 24.4 Å². The van der Waals surface area contributed by atoms with Crippen LogP contribution in [0.1, 0.15) is 6.42 Å². The number of hydrogen-bond donors (Lipinski definition) is 1. The van der Waals surface area contributed by atoms with Crippen LogP contribution in [-0.2, 0) is 0 Å². The number of hydrogen-bond acceptors (Lipinski definition) is 2. The Morgan fingerprint density at radius 2 is 2.56 bits per heavy atom. The molecule has 0 amide bonds. The van der Waals surface area contributed by atoms with Crippen molar-refractivity contribution in [1.82, 2.24) is 10.4 Å². The topological polar surface area (TPSA) is 15.3 Å². The first-order valence-electron chi connectivity index (χ1n) is 3.23.